The van der Waals surface area contributed by atoms with E-state index in [0.717, 1.165) is 0 Å². The van der Waals surface area contributed by atoms with Gasteiger partial charge in [0, 0.05) is 30.3 Å². The maximum Gasteiger partial charge on any atom is 0.228 e. The monoisotopic (exact) mass is 298 g/mol. The fraction of sp³-hybridized carbons (Fsp3) is 0.235. The number of nitrogens with zero attached hydrogens (tertiary/aromatic N) is 2. The normalized spacial score (nSPS) is 11.3. The van der Waals surface area contributed by atoms with Crippen molar-refractivity contribution in [3.63, 3.8) is 0 Å². The molecule has 1 aromatic carbocycles. The van der Waals surface area contributed by atoms with Gasteiger partial charge in [-0.2, -0.15) is 0 Å². The van der Waals surface area contributed by atoms with E-state index in [1.807, 2.05) is 13.8 Å². The molecule has 0 saturated carbocycles. The Morgan fingerprint density at radius 1 is 1.27 bits per heavy atom. The number of Topliss-reactive ketones (excluding diaryl/α,β-unsaturated/α-hetero) is 1. The highest BCUT2D eigenvalue weighted by Gasteiger charge is 2.12. The minimum absolute atomic E-state index is 0.00610. The number of rotatable bonds is 4. The van der Waals surface area contributed by atoms with Crippen LogP contribution in [0.4, 0.5) is 4.39 Å². The summed E-state index contributed by atoms with van der Waals surface area (Å²) in [6.45, 7) is 3.74. The fourth-order valence-corrected chi connectivity index (χ4v) is 2.06. The van der Waals surface area contributed by atoms with Crippen molar-refractivity contribution in [1.82, 2.24) is 9.97 Å². The Morgan fingerprint density at radius 2 is 2.09 bits per heavy atom. The van der Waals surface area contributed by atoms with Gasteiger partial charge in [0.2, 0.25) is 5.89 Å². The molecular formula is C17H15FN2O2. The molecule has 2 aromatic heterocycles. The van der Waals surface area contributed by atoms with Gasteiger partial charge >= 0.3 is 0 Å². The Morgan fingerprint density at radius 3 is 2.77 bits per heavy atom. The first-order valence-corrected chi connectivity index (χ1v) is 7.07. The number of halogens is 1. The van der Waals surface area contributed by atoms with Crippen molar-refractivity contribution in [2.45, 2.75) is 20.3 Å². The Bertz CT molecular complexity index is 822. The second-order valence-corrected chi connectivity index (χ2v) is 5.47. The molecule has 0 radical (unpaired) electrons. The highest BCUT2D eigenvalue weighted by Crippen LogP contribution is 2.24. The largest absolute Gasteiger partial charge is 0.436 e. The SMILES string of the molecule is CC(C)C(=O)Cc1ccc(-c2nc3ccc(F)cc3o2)cn1. The number of hydrogen-bond acceptors (Lipinski definition) is 4. The molecule has 22 heavy (non-hydrogen) atoms. The lowest BCUT2D eigenvalue weighted by Gasteiger charge is -2.03. The first-order valence-electron chi connectivity index (χ1n) is 7.07. The highest BCUT2D eigenvalue weighted by atomic mass is 19.1. The molecule has 5 heteroatoms. The molecule has 2 heterocycles. The van der Waals surface area contributed by atoms with Crippen LogP contribution >= 0.6 is 0 Å². The van der Waals surface area contributed by atoms with Crippen LogP contribution in [0, 0.1) is 11.7 Å². The minimum Gasteiger partial charge on any atom is -0.436 e. The molecule has 0 spiro atoms. The van der Waals surface area contributed by atoms with E-state index < -0.39 is 0 Å². The van der Waals surface area contributed by atoms with E-state index in [9.17, 15) is 9.18 Å². The molecule has 0 fully saturated rings. The van der Waals surface area contributed by atoms with Crippen LogP contribution in [0.1, 0.15) is 19.5 Å². The maximum atomic E-state index is 13.2. The average Bonchev–Trinajstić information content (AvgIpc) is 2.90. The van der Waals surface area contributed by atoms with Gasteiger partial charge in [-0.05, 0) is 24.3 Å². The zero-order valence-electron chi connectivity index (χ0n) is 12.3. The summed E-state index contributed by atoms with van der Waals surface area (Å²) in [6, 6.07) is 7.80. The first kappa shape index (κ1) is 14.4. The Balaban J connectivity index is 1.86. The van der Waals surface area contributed by atoms with Gasteiger partial charge in [0.15, 0.2) is 5.58 Å². The Kier molecular flexibility index (Phi) is 3.71. The molecule has 0 amide bonds. The molecule has 4 nitrogen and oxygen atoms in total. The first-order chi connectivity index (χ1) is 10.5. The molecule has 0 N–H and O–H groups in total. The quantitative estimate of drug-likeness (QED) is 0.735. The van der Waals surface area contributed by atoms with Crippen molar-refractivity contribution >= 4 is 16.9 Å². The smallest absolute Gasteiger partial charge is 0.228 e. The second kappa shape index (κ2) is 5.67. The van der Waals surface area contributed by atoms with Gasteiger partial charge in [-0.3, -0.25) is 9.78 Å². The van der Waals surface area contributed by atoms with Crippen LogP contribution in [0.2, 0.25) is 0 Å². The molecule has 0 saturated heterocycles. The van der Waals surface area contributed by atoms with Crippen molar-refractivity contribution in [2.24, 2.45) is 5.92 Å². The van der Waals surface area contributed by atoms with E-state index in [2.05, 4.69) is 9.97 Å². The summed E-state index contributed by atoms with van der Waals surface area (Å²) in [7, 11) is 0. The third-order valence-electron chi connectivity index (χ3n) is 3.42. The van der Waals surface area contributed by atoms with Crippen molar-refractivity contribution in [3.8, 4) is 11.5 Å². The van der Waals surface area contributed by atoms with Gasteiger partial charge in [0.1, 0.15) is 17.1 Å². The third-order valence-corrected chi connectivity index (χ3v) is 3.42. The van der Waals surface area contributed by atoms with Crippen LogP contribution in [-0.4, -0.2) is 15.8 Å². The van der Waals surface area contributed by atoms with Gasteiger partial charge in [-0.25, -0.2) is 9.37 Å². The van der Waals surface area contributed by atoms with Crippen LogP contribution in [0.5, 0.6) is 0 Å². The second-order valence-electron chi connectivity index (χ2n) is 5.47. The maximum absolute atomic E-state index is 13.2. The summed E-state index contributed by atoms with van der Waals surface area (Å²) in [5, 5.41) is 0. The summed E-state index contributed by atoms with van der Waals surface area (Å²) in [5.74, 6) is 0.164. The van der Waals surface area contributed by atoms with Gasteiger partial charge < -0.3 is 4.42 Å². The summed E-state index contributed by atoms with van der Waals surface area (Å²) >= 11 is 0. The van der Waals surface area contributed by atoms with Crippen LogP contribution in [0.15, 0.2) is 40.9 Å². The van der Waals surface area contributed by atoms with E-state index >= 15 is 0 Å². The minimum atomic E-state index is -0.365. The van der Waals surface area contributed by atoms with Gasteiger partial charge in [0.05, 0.1) is 5.56 Å². The van der Waals surface area contributed by atoms with E-state index in [0.29, 0.717) is 34.7 Å². The van der Waals surface area contributed by atoms with Crippen molar-refractivity contribution in [2.75, 3.05) is 0 Å². The molecule has 112 valence electrons. The average molecular weight is 298 g/mol. The van der Waals surface area contributed by atoms with E-state index in [1.165, 1.54) is 12.1 Å². The van der Waals surface area contributed by atoms with Crippen molar-refractivity contribution < 1.29 is 13.6 Å². The fourth-order valence-electron chi connectivity index (χ4n) is 2.06. The lowest BCUT2D eigenvalue weighted by Crippen LogP contribution is -2.11. The topological polar surface area (TPSA) is 56.0 Å². The van der Waals surface area contributed by atoms with E-state index in [4.69, 9.17) is 4.42 Å². The molecule has 0 unspecified atom stereocenters. The number of ketones is 1. The standard InChI is InChI=1S/C17H15FN2O2/c1-10(2)15(21)8-13-5-3-11(9-19-13)17-20-14-6-4-12(18)7-16(14)22-17/h3-7,9-10H,8H2,1-2H3. The van der Waals surface area contributed by atoms with Crippen LogP contribution in [0.3, 0.4) is 0 Å². The third kappa shape index (κ3) is 2.88. The van der Waals surface area contributed by atoms with Crippen LogP contribution < -0.4 is 0 Å². The predicted molar refractivity (Wildman–Crippen MR) is 80.7 cm³/mol. The van der Waals surface area contributed by atoms with Crippen LogP contribution in [-0.2, 0) is 11.2 Å². The number of pyridine rings is 1. The Labute approximate surface area is 127 Å². The zero-order valence-corrected chi connectivity index (χ0v) is 12.3. The summed E-state index contributed by atoms with van der Waals surface area (Å²) in [5.41, 5.74) is 2.39. The molecule has 0 aliphatic rings. The molecule has 0 atom stereocenters. The van der Waals surface area contributed by atoms with Gasteiger partial charge in [-0.1, -0.05) is 13.8 Å². The number of hydrogen-bond donors (Lipinski definition) is 0. The predicted octanol–water partition coefficient (Wildman–Crippen LogP) is 3.80. The number of fused-ring (bicyclic) bond motifs is 1. The van der Waals surface area contributed by atoms with Crippen molar-refractivity contribution in [1.29, 1.82) is 0 Å². The summed E-state index contributed by atoms with van der Waals surface area (Å²) in [4.78, 5) is 20.3. The van der Waals surface area contributed by atoms with Gasteiger partial charge in [0.25, 0.3) is 0 Å². The lowest BCUT2D eigenvalue weighted by molar-refractivity contribution is -0.121. The van der Waals surface area contributed by atoms with Crippen molar-refractivity contribution in [3.05, 3.63) is 48.0 Å². The molecule has 0 aliphatic carbocycles. The molecule has 0 bridgehead atoms. The van der Waals surface area contributed by atoms with Gasteiger partial charge in [-0.15, -0.1) is 0 Å². The lowest BCUT2D eigenvalue weighted by atomic mass is 10.0. The van der Waals surface area contributed by atoms with Crippen LogP contribution in [0.25, 0.3) is 22.6 Å². The zero-order chi connectivity index (χ0) is 15.7. The summed E-state index contributed by atoms with van der Waals surface area (Å²) in [6.07, 6.45) is 1.93. The highest BCUT2D eigenvalue weighted by molar-refractivity contribution is 5.82. The molecule has 3 aromatic rings. The number of oxazole rings is 1. The summed E-state index contributed by atoms with van der Waals surface area (Å²) < 4.78 is 18.7. The number of carbonyl (C=O) groups excluding carboxylic acids is 1. The Hall–Kier alpha value is -2.56. The molecule has 0 aliphatic heterocycles. The number of carbonyl (C=O) groups is 1. The van der Waals surface area contributed by atoms with E-state index in [1.54, 1.807) is 24.4 Å². The molecule has 3 rings (SSSR count). The van der Waals surface area contributed by atoms with E-state index in [-0.39, 0.29) is 17.5 Å². The number of aromatic nitrogens is 2. The number of benzene rings is 1. The molecular weight excluding hydrogens is 283 g/mol.